The van der Waals surface area contributed by atoms with E-state index in [1.165, 1.54) is 0 Å². The van der Waals surface area contributed by atoms with Crippen LogP contribution in [0.3, 0.4) is 0 Å². The van der Waals surface area contributed by atoms with Crippen LogP contribution in [0, 0.1) is 0 Å². The van der Waals surface area contributed by atoms with E-state index in [9.17, 15) is 9.59 Å². The minimum absolute atomic E-state index is 0.351. The van der Waals surface area contributed by atoms with E-state index < -0.39 is 11.8 Å². The lowest BCUT2D eigenvalue weighted by Gasteiger charge is -2.01. The second-order valence-electron chi connectivity index (χ2n) is 5.98. The van der Waals surface area contributed by atoms with Crippen molar-refractivity contribution in [1.82, 2.24) is 20.3 Å². The summed E-state index contributed by atoms with van der Waals surface area (Å²) in [7, 11) is 0. The molecule has 6 heteroatoms. The van der Waals surface area contributed by atoms with Crippen LogP contribution in [0.25, 0.3) is 45.5 Å². The van der Waals surface area contributed by atoms with Gasteiger partial charge in [0.2, 0.25) is 0 Å². The Labute approximate surface area is 140 Å². The lowest BCUT2D eigenvalue weighted by molar-refractivity contribution is 0.0880. The maximum Gasteiger partial charge on any atom is 0.259 e. The molecule has 0 spiro atoms. The van der Waals surface area contributed by atoms with Gasteiger partial charge < -0.3 is 9.97 Å². The Hall–Kier alpha value is -3.67. The summed E-state index contributed by atoms with van der Waals surface area (Å²) in [6.45, 7) is 7.80. The van der Waals surface area contributed by atoms with Gasteiger partial charge in [-0.2, -0.15) is 0 Å². The number of rotatable bonds is 1. The molecule has 6 nitrogen and oxygen atoms in total. The van der Waals surface area contributed by atoms with Crippen LogP contribution in [0.5, 0.6) is 0 Å². The second kappa shape index (κ2) is 4.45. The van der Waals surface area contributed by atoms with E-state index in [2.05, 4.69) is 33.4 Å². The van der Waals surface area contributed by atoms with Crippen molar-refractivity contribution in [3.8, 4) is 0 Å². The van der Waals surface area contributed by atoms with Crippen molar-refractivity contribution in [2.24, 2.45) is 0 Å². The fourth-order valence-electron chi connectivity index (χ4n) is 3.67. The van der Waals surface area contributed by atoms with Crippen molar-refractivity contribution in [2.45, 2.75) is 0 Å². The lowest BCUT2D eigenvalue weighted by Crippen LogP contribution is -2.22. The highest BCUT2D eigenvalue weighted by molar-refractivity contribution is 6.36. The number of nitrogens with zero attached hydrogens (tertiary/aromatic N) is 1. The van der Waals surface area contributed by atoms with E-state index in [0.29, 0.717) is 32.6 Å². The maximum atomic E-state index is 12.5. The lowest BCUT2D eigenvalue weighted by atomic mass is 9.99. The average Bonchev–Trinajstić information content (AvgIpc) is 3.21. The molecule has 3 N–H and O–H groups in total. The van der Waals surface area contributed by atoms with E-state index in [-0.39, 0.29) is 0 Å². The molecule has 1 aliphatic rings. The van der Waals surface area contributed by atoms with Crippen molar-refractivity contribution in [2.75, 3.05) is 0 Å². The van der Waals surface area contributed by atoms with Crippen molar-refractivity contribution in [3.05, 3.63) is 52.7 Å². The van der Waals surface area contributed by atoms with Gasteiger partial charge in [-0.1, -0.05) is 19.2 Å². The standard InChI is InChI=1S/C19H12N4O2/c1-3-5-9-8(2)11-12-13(19(25)23-18(12)24)14-15-10(6-4-7-20-15)22-17(14)16(11)21-9/h3-7,21-22H,1-2H2,(H,23,24,25)/b9-5+. The van der Waals surface area contributed by atoms with E-state index in [1.807, 2.05) is 12.1 Å². The number of allylic oxidation sites excluding steroid dienone is 1. The third-order valence-corrected chi connectivity index (χ3v) is 4.66. The molecule has 0 radical (unpaired) electrons. The third kappa shape index (κ3) is 1.55. The molecule has 0 unspecified atom stereocenters. The van der Waals surface area contributed by atoms with Gasteiger partial charge in [-0.15, -0.1) is 0 Å². The van der Waals surface area contributed by atoms with Gasteiger partial charge in [0.15, 0.2) is 0 Å². The van der Waals surface area contributed by atoms with Crippen LogP contribution in [-0.4, -0.2) is 26.8 Å². The molecule has 1 aliphatic heterocycles. The molecule has 0 aliphatic carbocycles. The molecule has 0 saturated carbocycles. The van der Waals surface area contributed by atoms with Gasteiger partial charge in [-0.25, -0.2) is 0 Å². The van der Waals surface area contributed by atoms with Crippen molar-refractivity contribution in [1.29, 1.82) is 0 Å². The summed E-state index contributed by atoms with van der Waals surface area (Å²) in [5, 5.41) is 5.09. The Morgan fingerprint density at radius 2 is 1.76 bits per heavy atom. The predicted octanol–water partition coefficient (Wildman–Crippen LogP) is 1.46. The van der Waals surface area contributed by atoms with Gasteiger partial charge in [0.05, 0.1) is 33.2 Å². The number of aromatic amines is 2. The summed E-state index contributed by atoms with van der Waals surface area (Å²) in [5.41, 5.74) is 3.63. The largest absolute Gasteiger partial charge is 0.353 e. The highest BCUT2D eigenvalue weighted by Crippen LogP contribution is 2.36. The zero-order valence-electron chi connectivity index (χ0n) is 13.1. The summed E-state index contributed by atoms with van der Waals surface area (Å²) in [6, 6.07) is 3.71. The van der Waals surface area contributed by atoms with E-state index >= 15 is 0 Å². The molecule has 0 atom stereocenters. The minimum atomic E-state index is -0.411. The summed E-state index contributed by atoms with van der Waals surface area (Å²) in [5.74, 6) is -0.820. The number of benzene rings is 1. The van der Waals surface area contributed by atoms with Crippen LogP contribution >= 0.6 is 0 Å². The molecular weight excluding hydrogens is 316 g/mol. The van der Waals surface area contributed by atoms with Gasteiger partial charge in [0, 0.05) is 27.5 Å². The number of hydrogen-bond acceptors (Lipinski definition) is 3. The minimum Gasteiger partial charge on any atom is -0.353 e. The molecule has 0 fully saturated rings. The Morgan fingerprint density at radius 3 is 2.52 bits per heavy atom. The van der Waals surface area contributed by atoms with Gasteiger partial charge in [-0.05, 0) is 18.2 Å². The third-order valence-electron chi connectivity index (χ3n) is 4.66. The van der Waals surface area contributed by atoms with E-state index in [0.717, 1.165) is 21.9 Å². The molecule has 0 bridgehead atoms. The van der Waals surface area contributed by atoms with Crippen LogP contribution in [0.15, 0.2) is 31.0 Å². The normalized spacial score (nSPS) is 14.6. The van der Waals surface area contributed by atoms with Crippen LogP contribution in [0.4, 0.5) is 0 Å². The number of carbonyl (C=O) groups excluding carboxylic acids is 2. The van der Waals surface area contributed by atoms with Crippen LogP contribution in [0.2, 0.25) is 0 Å². The van der Waals surface area contributed by atoms with E-state index in [4.69, 9.17) is 0 Å². The topological polar surface area (TPSA) is 90.6 Å². The highest BCUT2D eigenvalue weighted by atomic mass is 16.2. The first-order valence-corrected chi connectivity index (χ1v) is 7.73. The van der Waals surface area contributed by atoms with Gasteiger partial charge in [0.25, 0.3) is 11.8 Å². The van der Waals surface area contributed by atoms with Crippen LogP contribution < -0.4 is 15.9 Å². The molecule has 2 amide bonds. The molecule has 25 heavy (non-hydrogen) atoms. The molecule has 4 aromatic rings. The molecule has 1 aromatic carbocycles. The Morgan fingerprint density at radius 1 is 1.04 bits per heavy atom. The van der Waals surface area contributed by atoms with Gasteiger partial charge >= 0.3 is 0 Å². The number of hydrogen-bond donors (Lipinski definition) is 3. The van der Waals surface area contributed by atoms with Gasteiger partial charge in [0.1, 0.15) is 0 Å². The van der Waals surface area contributed by atoms with Crippen LogP contribution in [0.1, 0.15) is 20.7 Å². The smallest absolute Gasteiger partial charge is 0.259 e. The Balaban J connectivity index is 2.20. The molecular formula is C19H12N4O2. The first-order chi connectivity index (χ1) is 12.1. The quantitative estimate of drug-likeness (QED) is 0.462. The number of nitrogens with one attached hydrogen (secondary N) is 3. The molecule has 3 aromatic heterocycles. The summed E-state index contributed by atoms with van der Waals surface area (Å²) < 4.78 is 0. The number of imide groups is 1. The number of pyridine rings is 1. The van der Waals surface area contributed by atoms with E-state index in [1.54, 1.807) is 18.3 Å². The van der Waals surface area contributed by atoms with Crippen molar-refractivity contribution >= 4 is 57.3 Å². The summed E-state index contributed by atoms with van der Waals surface area (Å²) in [4.78, 5) is 36.0. The predicted molar refractivity (Wildman–Crippen MR) is 96.7 cm³/mol. The monoisotopic (exact) mass is 328 g/mol. The molecule has 0 saturated heterocycles. The first-order valence-electron chi connectivity index (χ1n) is 7.73. The second-order valence-corrected chi connectivity index (χ2v) is 5.98. The summed E-state index contributed by atoms with van der Waals surface area (Å²) in [6.07, 6.45) is 5.10. The van der Waals surface area contributed by atoms with Crippen LogP contribution in [-0.2, 0) is 0 Å². The average molecular weight is 328 g/mol. The maximum absolute atomic E-state index is 12.5. The Kier molecular flexibility index (Phi) is 2.44. The molecule has 4 heterocycles. The van der Waals surface area contributed by atoms with Crippen molar-refractivity contribution in [3.63, 3.8) is 0 Å². The fraction of sp³-hybridized carbons (Fsp3) is 0. The zero-order chi connectivity index (χ0) is 17.3. The Bertz CT molecular complexity index is 1390. The first kappa shape index (κ1) is 13.7. The molecule has 120 valence electrons. The van der Waals surface area contributed by atoms with Gasteiger partial charge in [-0.3, -0.25) is 19.9 Å². The molecule has 5 rings (SSSR count). The number of fused-ring (bicyclic) bond motifs is 8. The number of aromatic nitrogens is 3. The SMILES string of the molecule is C=C/C=c1/[nH]c2c(c3c(c4c5ncccc5[nH]c24)C(=O)NC3=O)c1=C. The van der Waals surface area contributed by atoms with Crippen molar-refractivity contribution < 1.29 is 9.59 Å². The fourth-order valence-corrected chi connectivity index (χ4v) is 3.67. The number of H-pyrrole nitrogens is 2. The summed E-state index contributed by atoms with van der Waals surface area (Å²) >= 11 is 0. The number of amides is 2. The zero-order valence-corrected chi connectivity index (χ0v) is 13.1. The highest BCUT2D eigenvalue weighted by Gasteiger charge is 2.34. The number of carbonyl (C=O) groups is 2.